The Bertz CT molecular complexity index is 709. The number of phenols is 1. The van der Waals surface area contributed by atoms with E-state index in [1.54, 1.807) is 5.01 Å². The predicted molar refractivity (Wildman–Crippen MR) is 119 cm³/mol. The summed E-state index contributed by atoms with van der Waals surface area (Å²) in [5.74, 6) is 0.351. The number of phenolic OH excluding ortho intramolecular Hbond substituents is 1. The number of hydrogen-bond donors (Lipinski definition) is 2. The second kappa shape index (κ2) is 8.50. The molecule has 1 saturated heterocycles. The Balaban J connectivity index is 2.39. The summed E-state index contributed by atoms with van der Waals surface area (Å²) in [6, 6.07) is 3.99. The molecule has 2 N–H and O–H groups in total. The number of hydrazine groups is 1. The Morgan fingerprint density at radius 1 is 1.11 bits per heavy atom. The van der Waals surface area contributed by atoms with Gasteiger partial charge in [-0.3, -0.25) is 4.79 Å². The quantitative estimate of drug-likeness (QED) is 0.591. The zero-order chi connectivity index (χ0) is 21.3. The summed E-state index contributed by atoms with van der Waals surface area (Å²) in [5.41, 5.74) is 5.48. The van der Waals surface area contributed by atoms with Crippen molar-refractivity contribution in [3.8, 4) is 5.75 Å². The first-order chi connectivity index (χ1) is 12.9. The second-order valence-corrected chi connectivity index (χ2v) is 10.8. The van der Waals surface area contributed by atoms with Crippen LogP contribution in [0.1, 0.15) is 89.7 Å². The topological polar surface area (TPSA) is 52.6 Å². The van der Waals surface area contributed by atoms with Crippen LogP contribution < -0.4 is 5.43 Å². The average Bonchev–Trinajstić information content (AvgIpc) is 2.84. The van der Waals surface area contributed by atoms with Gasteiger partial charge in [0.2, 0.25) is 0 Å². The number of unbranched alkanes of at least 4 members (excludes halogenated alkanes) is 2. The van der Waals surface area contributed by atoms with Gasteiger partial charge in [-0.1, -0.05) is 79.6 Å². The fourth-order valence-corrected chi connectivity index (χ4v) is 4.38. The number of nitrogens with zero attached hydrogens (tertiary/aromatic N) is 1. The molecule has 156 valence electrons. The summed E-state index contributed by atoms with van der Waals surface area (Å²) in [5, 5.41) is 12.9. The maximum atomic E-state index is 13.1. The second-order valence-electron chi connectivity index (χ2n) is 9.65. The number of rotatable bonds is 6. The SMILES string of the molecule is C=C1SC(c2cc(C(C)(C)C)c(O)c(C(C)(C)C)c2)C(=O)N1NCCCCC. The third kappa shape index (κ3) is 4.93. The van der Waals surface area contributed by atoms with Crippen molar-refractivity contribution in [3.05, 3.63) is 40.4 Å². The monoisotopic (exact) mass is 404 g/mol. The summed E-state index contributed by atoms with van der Waals surface area (Å²) in [4.78, 5) is 13.1. The largest absolute Gasteiger partial charge is 0.507 e. The van der Waals surface area contributed by atoms with E-state index in [0.29, 0.717) is 5.75 Å². The molecule has 1 fully saturated rings. The van der Waals surface area contributed by atoms with E-state index < -0.39 is 0 Å². The minimum Gasteiger partial charge on any atom is -0.507 e. The zero-order valence-electron chi connectivity index (χ0n) is 18.5. The van der Waals surface area contributed by atoms with Crippen LogP contribution in [0.3, 0.4) is 0 Å². The molecular formula is C23H36N2O2S. The van der Waals surface area contributed by atoms with Crippen molar-refractivity contribution in [1.29, 1.82) is 0 Å². The van der Waals surface area contributed by atoms with E-state index in [2.05, 4.69) is 60.5 Å². The molecule has 0 bridgehead atoms. The molecule has 1 amide bonds. The number of thioether (sulfide) groups is 1. The fourth-order valence-electron chi connectivity index (χ4n) is 3.37. The lowest BCUT2D eigenvalue weighted by Crippen LogP contribution is -2.39. The Kier molecular flexibility index (Phi) is 6.93. The van der Waals surface area contributed by atoms with Crippen LogP contribution in [0.25, 0.3) is 0 Å². The summed E-state index contributed by atoms with van der Waals surface area (Å²) >= 11 is 1.48. The standard InChI is InChI=1S/C23H36N2O2S/c1-9-10-11-12-24-25-15(2)28-20(21(25)27)16-13-17(22(3,4)5)19(26)18(14-16)23(6,7)8/h13-14,20,24,26H,2,9-12H2,1,3-8H3. The molecule has 1 atom stereocenters. The molecule has 0 aliphatic carbocycles. The average molecular weight is 405 g/mol. The molecule has 0 radical (unpaired) electrons. The van der Waals surface area contributed by atoms with Crippen LogP contribution in [-0.2, 0) is 15.6 Å². The van der Waals surface area contributed by atoms with Gasteiger partial charge in [-0.25, -0.2) is 10.4 Å². The number of amides is 1. The molecule has 1 aliphatic rings. The number of hydrogen-bond acceptors (Lipinski definition) is 4. The van der Waals surface area contributed by atoms with Crippen molar-refractivity contribution < 1.29 is 9.90 Å². The molecule has 1 aliphatic heterocycles. The highest BCUT2D eigenvalue weighted by Gasteiger charge is 2.38. The Labute approximate surface area is 174 Å². The summed E-state index contributed by atoms with van der Waals surface area (Å²) < 4.78 is 0. The number of aromatic hydroxyl groups is 1. The van der Waals surface area contributed by atoms with Gasteiger partial charge in [-0.2, -0.15) is 0 Å². The van der Waals surface area contributed by atoms with Crippen LogP contribution in [0.4, 0.5) is 0 Å². The van der Waals surface area contributed by atoms with Gasteiger partial charge in [0, 0.05) is 6.54 Å². The molecule has 28 heavy (non-hydrogen) atoms. The Hall–Kier alpha value is -1.46. The lowest BCUT2D eigenvalue weighted by atomic mass is 9.78. The molecule has 0 spiro atoms. The molecular weight excluding hydrogens is 368 g/mol. The van der Waals surface area contributed by atoms with Gasteiger partial charge in [0.15, 0.2) is 0 Å². The van der Waals surface area contributed by atoms with Crippen LogP contribution in [0, 0.1) is 0 Å². The number of carbonyl (C=O) groups is 1. The van der Waals surface area contributed by atoms with Gasteiger partial charge in [0.1, 0.15) is 11.0 Å². The highest BCUT2D eigenvalue weighted by Crippen LogP contribution is 2.47. The van der Waals surface area contributed by atoms with E-state index in [9.17, 15) is 9.90 Å². The van der Waals surface area contributed by atoms with Crippen LogP contribution in [-0.4, -0.2) is 22.6 Å². The van der Waals surface area contributed by atoms with E-state index in [0.717, 1.165) is 47.5 Å². The number of carbonyl (C=O) groups excluding carboxylic acids is 1. The molecule has 1 heterocycles. The minimum atomic E-state index is -0.339. The van der Waals surface area contributed by atoms with Gasteiger partial charge >= 0.3 is 0 Å². The van der Waals surface area contributed by atoms with Crippen molar-refractivity contribution in [2.75, 3.05) is 6.54 Å². The molecule has 4 nitrogen and oxygen atoms in total. The van der Waals surface area contributed by atoms with Crippen molar-refractivity contribution in [3.63, 3.8) is 0 Å². The van der Waals surface area contributed by atoms with Crippen LogP contribution in [0.2, 0.25) is 0 Å². The smallest absolute Gasteiger partial charge is 0.259 e. The maximum Gasteiger partial charge on any atom is 0.259 e. The van der Waals surface area contributed by atoms with E-state index in [-0.39, 0.29) is 22.0 Å². The molecule has 0 saturated carbocycles. The van der Waals surface area contributed by atoms with Crippen LogP contribution >= 0.6 is 11.8 Å². The van der Waals surface area contributed by atoms with Gasteiger partial charge in [0.05, 0.1) is 5.03 Å². The summed E-state index contributed by atoms with van der Waals surface area (Å²) in [6.07, 6.45) is 3.32. The van der Waals surface area contributed by atoms with E-state index in [1.807, 2.05) is 12.1 Å². The third-order valence-electron chi connectivity index (χ3n) is 5.05. The molecule has 1 unspecified atom stereocenters. The van der Waals surface area contributed by atoms with Gasteiger partial charge < -0.3 is 5.11 Å². The normalized spacial score (nSPS) is 18.2. The van der Waals surface area contributed by atoms with Gasteiger partial charge in [-0.15, -0.1) is 0 Å². The van der Waals surface area contributed by atoms with E-state index >= 15 is 0 Å². The van der Waals surface area contributed by atoms with Crippen molar-refractivity contribution in [1.82, 2.24) is 10.4 Å². The van der Waals surface area contributed by atoms with Crippen molar-refractivity contribution >= 4 is 17.7 Å². The Morgan fingerprint density at radius 3 is 2.11 bits per heavy atom. The van der Waals surface area contributed by atoms with Gasteiger partial charge in [0.25, 0.3) is 5.91 Å². The lowest BCUT2D eigenvalue weighted by Gasteiger charge is -2.29. The fraction of sp³-hybridized carbons (Fsp3) is 0.609. The number of nitrogens with one attached hydrogen (secondary N) is 1. The summed E-state index contributed by atoms with van der Waals surface area (Å²) in [7, 11) is 0. The molecule has 0 aromatic heterocycles. The predicted octanol–water partition coefficient (Wildman–Crippen LogP) is 5.77. The van der Waals surface area contributed by atoms with Gasteiger partial charge in [-0.05, 0) is 46.1 Å². The molecule has 2 rings (SSSR count). The van der Waals surface area contributed by atoms with Crippen molar-refractivity contribution in [2.24, 2.45) is 0 Å². The first-order valence-electron chi connectivity index (χ1n) is 10.2. The zero-order valence-corrected chi connectivity index (χ0v) is 19.3. The lowest BCUT2D eigenvalue weighted by molar-refractivity contribution is -0.130. The highest BCUT2D eigenvalue weighted by molar-refractivity contribution is 8.04. The Morgan fingerprint density at radius 2 is 1.64 bits per heavy atom. The maximum absolute atomic E-state index is 13.1. The van der Waals surface area contributed by atoms with Crippen molar-refractivity contribution in [2.45, 2.75) is 83.8 Å². The van der Waals surface area contributed by atoms with E-state index in [4.69, 9.17) is 0 Å². The minimum absolute atomic E-state index is 0.0110. The number of benzene rings is 1. The first-order valence-corrected chi connectivity index (χ1v) is 11.1. The highest BCUT2D eigenvalue weighted by atomic mass is 32.2. The molecule has 1 aromatic rings. The molecule has 5 heteroatoms. The molecule has 1 aromatic carbocycles. The first kappa shape index (κ1) is 22.8. The third-order valence-corrected chi connectivity index (χ3v) is 6.21. The van der Waals surface area contributed by atoms with E-state index in [1.165, 1.54) is 11.8 Å². The van der Waals surface area contributed by atoms with Crippen LogP contribution in [0.15, 0.2) is 23.7 Å². The summed E-state index contributed by atoms with van der Waals surface area (Å²) in [6.45, 7) is 19.5. The van der Waals surface area contributed by atoms with Crippen LogP contribution in [0.5, 0.6) is 5.75 Å².